The van der Waals surface area contributed by atoms with Gasteiger partial charge >= 0.3 is 0 Å². The molecule has 2 aromatic carbocycles. The minimum absolute atomic E-state index is 0.0563. The lowest BCUT2D eigenvalue weighted by atomic mass is 10.0. The third kappa shape index (κ3) is 4.85. The van der Waals surface area contributed by atoms with Gasteiger partial charge in [0.2, 0.25) is 5.91 Å². The van der Waals surface area contributed by atoms with Crippen LogP contribution in [0.5, 0.6) is 5.75 Å². The Morgan fingerprint density at radius 2 is 1.72 bits per heavy atom. The normalized spacial score (nSPS) is 14.7. The number of carbonyl (C=O) groups excluding carboxylic acids is 1. The number of nitrogens with zero attached hydrogens (tertiary/aromatic N) is 3. The van der Waals surface area contributed by atoms with Gasteiger partial charge in [-0.2, -0.15) is 5.10 Å². The largest absolute Gasteiger partial charge is 0.497 e. The molecule has 0 aliphatic carbocycles. The van der Waals surface area contributed by atoms with Crippen LogP contribution in [-0.4, -0.2) is 41.9 Å². The zero-order chi connectivity index (χ0) is 22.5. The summed E-state index contributed by atoms with van der Waals surface area (Å²) in [6.45, 7) is 5.84. The SMILES string of the molecule is COc1ccc(N2CCC(NC(=O)/C=C/c3c(C)nn(-c4ccccc4)c3C)CC2)cc1. The molecule has 0 atom stereocenters. The lowest BCUT2D eigenvalue weighted by Gasteiger charge is -2.33. The van der Waals surface area contributed by atoms with Crippen molar-refractivity contribution in [1.82, 2.24) is 15.1 Å². The minimum atomic E-state index is -0.0563. The first-order valence-corrected chi connectivity index (χ1v) is 11.0. The van der Waals surface area contributed by atoms with Gasteiger partial charge in [0, 0.05) is 42.2 Å². The molecule has 0 saturated carbocycles. The van der Waals surface area contributed by atoms with E-state index in [-0.39, 0.29) is 11.9 Å². The van der Waals surface area contributed by atoms with Crippen molar-refractivity contribution >= 4 is 17.7 Å². The standard InChI is InChI=1S/C26H30N4O2/c1-19-25(20(2)30(28-19)23-7-5-4-6-8-23)13-14-26(31)27-21-15-17-29(18-16-21)22-9-11-24(32-3)12-10-22/h4-14,21H,15-18H2,1-3H3,(H,27,31)/b14-13+. The fraction of sp³-hybridized carbons (Fsp3) is 0.308. The van der Waals surface area contributed by atoms with Crippen molar-refractivity contribution < 1.29 is 9.53 Å². The number of amides is 1. The number of aryl methyl sites for hydroxylation is 1. The number of carbonyl (C=O) groups is 1. The summed E-state index contributed by atoms with van der Waals surface area (Å²) in [5.74, 6) is 0.807. The fourth-order valence-electron chi connectivity index (χ4n) is 4.20. The summed E-state index contributed by atoms with van der Waals surface area (Å²) in [7, 11) is 1.68. The number of ether oxygens (including phenoxy) is 1. The second kappa shape index (κ2) is 9.73. The average Bonchev–Trinajstić information content (AvgIpc) is 3.12. The Hall–Kier alpha value is -3.54. The zero-order valence-electron chi connectivity index (χ0n) is 18.9. The summed E-state index contributed by atoms with van der Waals surface area (Å²) in [5.41, 5.74) is 5.12. The second-order valence-electron chi connectivity index (χ2n) is 8.13. The summed E-state index contributed by atoms with van der Waals surface area (Å²) >= 11 is 0. The predicted molar refractivity (Wildman–Crippen MR) is 128 cm³/mol. The predicted octanol–water partition coefficient (Wildman–Crippen LogP) is 4.30. The van der Waals surface area contributed by atoms with Gasteiger partial charge in [-0.05, 0) is 69.2 Å². The summed E-state index contributed by atoms with van der Waals surface area (Å²) < 4.78 is 7.15. The number of methoxy groups -OCH3 is 1. The van der Waals surface area contributed by atoms with E-state index < -0.39 is 0 Å². The number of anilines is 1. The third-order valence-electron chi connectivity index (χ3n) is 6.03. The molecule has 6 heteroatoms. The highest BCUT2D eigenvalue weighted by molar-refractivity contribution is 5.92. The molecule has 0 spiro atoms. The van der Waals surface area contributed by atoms with Gasteiger partial charge in [-0.3, -0.25) is 4.79 Å². The van der Waals surface area contributed by atoms with E-state index in [9.17, 15) is 4.79 Å². The highest BCUT2D eigenvalue weighted by Crippen LogP contribution is 2.23. The van der Waals surface area contributed by atoms with Crippen LogP contribution >= 0.6 is 0 Å². The van der Waals surface area contributed by atoms with Crippen LogP contribution in [0.3, 0.4) is 0 Å². The van der Waals surface area contributed by atoms with Crippen molar-refractivity contribution in [1.29, 1.82) is 0 Å². The average molecular weight is 431 g/mol. The summed E-state index contributed by atoms with van der Waals surface area (Å²) in [6.07, 6.45) is 5.35. The van der Waals surface area contributed by atoms with Crippen molar-refractivity contribution in [3.63, 3.8) is 0 Å². The van der Waals surface area contributed by atoms with Crippen LogP contribution in [0.2, 0.25) is 0 Å². The van der Waals surface area contributed by atoms with Crippen molar-refractivity contribution in [2.75, 3.05) is 25.1 Å². The maximum absolute atomic E-state index is 12.6. The van der Waals surface area contributed by atoms with Crippen LogP contribution < -0.4 is 15.0 Å². The number of hydrogen-bond acceptors (Lipinski definition) is 4. The van der Waals surface area contributed by atoms with Crippen LogP contribution in [0, 0.1) is 13.8 Å². The molecular formula is C26H30N4O2. The van der Waals surface area contributed by atoms with E-state index in [2.05, 4.69) is 27.4 Å². The first-order chi connectivity index (χ1) is 15.5. The molecule has 1 saturated heterocycles. The number of piperidine rings is 1. The van der Waals surface area contributed by atoms with Gasteiger partial charge in [-0.15, -0.1) is 0 Å². The molecule has 1 aliphatic rings. The van der Waals surface area contributed by atoms with Gasteiger partial charge in [0.05, 0.1) is 18.5 Å². The molecule has 1 aromatic heterocycles. The van der Waals surface area contributed by atoms with Gasteiger partial charge in [0.25, 0.3) is 0 Å². The lowest BCUT2D eigenvalue weighted by molar-refractivity contribution is -0.117. The molecule has 0 radical (unpaired) electrons. The molecule has 1 N–H and O–H groups in total. The van der Waals surface area contributed by atoms with Gasteiger partial charge in [-0.25, -0.2) is 4.68 Å². The molecule has 2 heterocycles. The molecule has 1 fully saturated rings. The molecule has 3 aromatic rings. The first-order valence-electron chi connectivity index (χ1n) is 11.0. The Balaban J connectivity index is 1.33. The molecule has 32 heavy (non-hydrogen) atoms. The van der Waals surface area contributed by atoms with Crippen LogP contribution in [0.4, 0.5) is 5.69 Å². The van der Waals surface area contributed by atoms with Crippen LogP contribution in [0.15, 0.2) is 60.7 Å². The van der Waals surface area contributed by atoms with E-state index in [4.69, 9.17) is 4.74 Å². The number of aromatic nitrogens is 2. The Bertz CT molecular complexity index is 1080. The molecule has 4 rings (SSSR count). The van der Waals surface area contributed by atoms with Crippen molar-refractivity contribution in [3.05, 3.63) is 77.6 Å². The maximum atomic E-state index is 12.6. The smallest absolute Gasteiger partial charge is 0.244 e. The second-order valence-corrected chi connectivity index (χ2v) is 8.13. The van der Waals surface area contributed by atoms with E-state index >= 15 is 0 Å². The number of rotatable bonds is 6. The Labute approximate surface area is 189 Å². The molecule has 0 bridgehead atoms. The van der Waals surface area contributed by atoms with Crippen LogP contribution in [0.1, 0.15) is 29.8 Å². The van der Waals surface area contributed by atoms with E-state index in [0.29, 0.717) is 0 Å². The molecule has 166 valence electrons. The van der Waals surface area contributed by atoms with E-state index in [1.165, 1.54) is 5.69 Å². The van der Waals surface area contributed by atoms with Gasteiger partial charge in [-0.1, -0.05) is 18.2 Å². The van der Waals surface area contributed by atoms with Crippen molar-refractivity contribution in [3.8, 4) is 11.4 Å². The topological polar surface area (TPSA) is 59.4 Å². The summed E-state index contributed by atoms with van der Waals surface area (Å²) in [6, 6.07) is 18.4. The first kappa shape index (κ1) is 21.7. The summed E-state index contributed by atoms with van der Waals surface area (Å²) in [5, 5.41) is 7.80. The number of para-hydroxylation sites is 1. The van der Waals surface area contributed by atoms with E-state index in [1.807, 2.05) is 67.1 Å². The molecule has 1 amide bonds. The Morgan fingerprint density at radius 1 is 1.03 bits per heavy atom. The van der Waals surface area contributed by atoms with Gasteiger partial charge < -0.3 is 15.0 Å². The third-order valence-corrected chi connectivity index (χ3v) is 6.03. The molecule has 6 nitrogen and oxygen atoms in total. The number of hydrogen-bond donors (Lipinski definition) is 1. The molecule has 1 aliphatic heterocycles. The van der Waals surface area contributed by atoms with Crippen molar-refractivity contribution in [2.45, 2.75) is 32.7 Å². The minimum Gasteiger partial charge on any atom is -0.497 e. The molecule has 0 unspecified atom stereocenters. The van der Waals surface area contributed by atoms with E-state index in [1.54, 1.807) is 13.2 Å². The van der Waals surface area contributed by atoms with Gasteiger partial charge in [0.1, 0.15) is 5.75 Å². The quantitative estimate of drug-likeness (QED) is 0.593. The highest BCUT2D eigenvalue weighted by atomic mass is 16.5. The Morgan fingerprint density at radius 3 is 2.38 bits per heavy atom. The van der Waals surface area contributed by atoms with Gasteiger partial charge in [0.15, 0.2) is 0 Å². The lowest BCUT2D eigenvalue weighted by Crippen LogP contribution is -2.44. The van der Waals surface area contributed by atoms with E-state index in [0.717, 1.165) is 54.3 Å². The monoisotopic (exact) mass is 430 g/mol. The maximum Gasteiger partial charge on any atom is 0.244 e. The zero-order valence-corrected chi connectivity index (χ0v) is 18.9. The van der Waals surface area contributed by atoms with Crippen LogP contribution in [-0.2, 0) is 4.79 Å². The Kier molecular flexibility index (Phi) is 6.59. The van der Waals surface area contributed by atoms with Crippen LogP contribution in [0.25, 0.3) is 11.8 Å². The fourth-order valence-corrected chi connectivity index (χ4v) is 4.20. The molecular weight excluding hydrogens is 400 g/mol. The number of nitrogens with one attached hydrogen (secondary N) is 1. The highest BCUT2D eigenvalue weighted by Gasteiger charge is 2.20. The summed E-state index contributed by atoms with van der Waals surface area (Å²) in [4.78, 5) is 14.9. The van der Waals surface area contributed by atoms with Crippen molar-refractivity contribution in [2.24, 2.45) is 0 Å². The number of benzene rings is 2.